The Hall–Kier alpha value is -0.340. The zero-order chi connectivity index (χ0) is 11.0. The molecule has 2 nitrogen and oxygen atoms in total. The molecule has 2 N–H and O–H groups in total. The molecule has 0 saturated heterocycles. The number of hydrogen-bond acceptors (Lipinski definition) is 1. The van der Waals surface area contributed by atoms with Crippen molar-refractivity contribution in [3.63, 3.8) is 0 Å². The average molecular weight is 199 g/mol. The predicted octanol–water partition coefficient (Wildman–Crippen LogP) is 2.85. The zero-order valence-corrected chi connectivity index (χ0v) is 10.1. The molecule has 2 heteroatoms. The van der Waals surface area contributed by atoms with Crippen molar-refractivity contribution < 1.29 is 4.59 Å². The van der Waals surface area contributed by atoms with Crippen molar-refractivity contribution >= 4 is 0 Å². The molecule has 1 unspecified atom stereocenters. The molecule has 0 aliphatic carbocycles. The summed E-state index contributed by atoms with van der Waals surface area (Å²) in [6.45, 7) is 6.03. The van der Waals surface area contributed by atoms with E-state index in [-0.39, 0.29) is 0 Å². The van der Waals surface area contributed by atoms with Crippen molar-refractivity contribution in [2.45, 2.75) is 51.5 Å². The maximum absolute atomic E-state index is 6.07. The summed E-state index contributed by atoms with van der Waals surface area (Å²) in [7, 11) is 4.13. The summed E-state index contributed by atoms with van der Waals surface area (Å²) in [5.74, 6) is 6.07. The topological polar surface area (TPSA) is 26.0 Å². The SMILES string of the molecule is C=CCC(CCCCCC)[N+](C)(C)N. The van der Waals surface area contributed by atoms with Crippen LogP contribution < -0.4 is 5.84 Å². The minimum Gasteiger partial charge on any atom is -0.250 e. The molecule has 0 amide bonds. The second-order valence-corrected chi connectivity index (χ2v) is 4.66. The molecule has 0 aromatic carbocycles. The third kappa shape index (κ3) is 6.17. The van der Waals surface area contributed by atoms with Crippen LogP contribution in [0, 0.1) is 0 Å². The molecule has 84 valence electrons. The number of nitrogens with zero attached hydrogens (tertiary/aromatic N) is 1. The Morgan fingerprint density at radius 2 is 1.93 bits per heavy atom. The van der Waals surface area contributed by atoms with Crippen LogP contribution in [0.4, 0.5) is 0 Å². The van der Waals surface area contributed by atoms with Crippen LogP contribution >= 0.6 is 0 Å². The largest absolute Gasteiger partial charge is 0.250 e. The van der Waals surface area contributed by atoms with E-state index in [0.717, 1.165) is 6.42 Å². The number of hydrogen-bond donors (Lipinski definition) is 1. The second kappa shape index (κ2) is 7.02. The average Bonchev–Trinajstić information content (AvgIpc) is 2.08. The van der Waals surface area contributed by atoms with Crippen LogP contribution in [0.25, 0.3) is 0 Å². The summed E-state index contributed by atoms with van der Waals surface area (Å²) in [6.07, 6.45) is 9.50. The molecule has 0 radical (unpaired) electrons. The van der Waals surface area contributed by atoms with Gasteiger partial charge in [0, 0.05) is 12.8 Å². The first-order valence-corrected chi connectivity index (χ1v) is 5.75. The lowest BCUT2D eigenvalue weighted by Gasteiger charge is -2.32. The van der Waals surface area contributed by atoms with E-state index >= 15 is 0 Å². The van der Waals surface area contributed by atoms with E-state index in [2.05, 4.69) is 27.6 Å². The lowest BCUT2D eigenvalue weighted by Crippen LogP contribution is -2.54. The van der Waals surface area contributed by atoms with Gasteiger partial charge in [-0.3, -0.25) is 4.59 Å². The molecular weight excluding hydrogens is 172 g/mol. The lowest BCUT2D eigenvalue weighted by atomic mass is 10.0. The molecule has 0 aromatic rings. The molecule has 1 atom stereocenters. The summed E-state index contributed by atoms with van der Waals surface area (Å²) in [5.41, 5.74) is 0. The summed E-state index contributed by atoms with van der Waals surface area (Å²) >= 11 is 0. The van der Waals surface area contributed by atoms with Gasteiger partial charge < -0.3 is 0 Å². The van der Waals surface area contributed by atoms with Crippen LogP contribution in [0.2, 0.25) is 0 Å². The van der Waals surface area contributed by atoms with Gasteiger partial charge >= 0.3 is 0 Å². The van der Waals surface area contributed by atoms with Crippen molar-refractivity contribution in [3.05, 3.63) is 12.7 Å². The first-order valence-electron chi connectivity index (χ1n) is 5.75. The van der Waals surface area contributed by atoms with Gasteiger partial charge in [-0.25, -0.2) is 0 Å². The highest BCUT2D eigenvalue weighted by molar-refractivity contribution is 4.73. The molecule has 14 heavy (non-hydrogen) atoms. The zero-order valence-electron chi connectivity index (χ0n) is 10.1. The van der Waals surface area contributed by atoms with Gasteiger partial charge in [-0.2, -0.15) is 5.84 Å². The Morgan fingerprint density at radius 3 is 2.36 bits per heavy atom. The summed E-state index contributed by atoms with van der Waals surface area (Å²) < 4.78 is 0.568. The lowest BCUT2D eigenvalue weighted by molar-refractivity contribution is -0.926. The molecule has 0 rings (SSSR count). The highest BCUT2D eigenvalue weighted by Gasteiger charge is 2.22. The molecule has 0 aliphatic heterocycles. The van der Waals surface area contributed by atoms with Gasteiger partial charge in [0.2, 0.25) is 0 Å². The molecule has 0 saturated carbocycles. The minimum absolute atomic E-state index is 0.532. The Labute approximate surface area is 89.3 Å². The van der Waals surface area contributed by atoms with Crippen molar-refractivity contribution in [2.24, 2.45) is 5.84 Å². The standard InChI is InChI=1S/C12H27N2/c1-5-7-8-9-11-12(10-6-2)14(3,4)13/h6,12H,2,5,7-11,13H2,1,3-4H3/q+1. The molecule has 0 spiro atoms. The molecule has 0 bridgehead atoms. The third-order valence-electron chi connectivity index (χ3n) is 2.77. The highest BCUT2D eigenvalue weighted by Crippen LogP contribution is 2.15. The van der Waals surface area contributed by atoms with Gasteiger partial charge in [-0.1, -0.05) is 32.3 Å². The number of rotatable bonds is 8. The molecule has 0 fully saturated rings. The van der Waals surface area contributed by atoms with E-state index in [0.29, 0.717) is 10.6 Å². The fourth-order valence-corrected chi connectivity index (χ4v) is 1.72. The van der Waals surface area contributed by atoms with Crippen molar-refractivity contribution in [3.8, 4) is 0 Å². The summed E-state index contributed by atoms with van der Waals surface area (Å²) in [4.78, 5) is 0. The number of unbranched alkanes of at least 4 members (excludes halogenated alkanes) is 3. The second-order valence-electron chi connectivity index (χ2n) is 4.66. The van der Waals surface area contributed by atoms with E-state index in [9.17, 15) is 0 Å². The van der Waals surface area contributed by atoms with Gasteiger partial charge in [-0.15, -0.1) is 6.58 Å². The Kier molecular flexibility index (Phi) is 6.85. The smallest absolute Gasteiger partial charge is 0.109 e. The van der Waals surface area contributed by atoms with E-state index in [4.69, 9.17) is 5.84 Å². The van der Waals surface area contributed by atoms with Crippen LogP contribution in [0.1, 0.15) is 45.4 Å². The van der Waals surface area contributed by atoms with Crippen LogP contribution in [-0.4, -0.2) is 24.7 Å². The molecule has 0 aromatic heterocycles. The van der Waals surface area contributed by atoms with Gasteiger partial charge in [0.05, 0.1) is 14.1 Å². The van der Waals surface area contributed by atoms with Crippen LogP contribution in [0.5, 0.6) is 0 Å². The van der Waals surface area contributed by atoms with E-state index in [1.807, 2.05) is 6.08 Å². The first-order chi connectivity index (χ1) is 6.52. The van der Waals surface area contributed by atoms with Crippen molar-refractivity contribution in [1.82, 2.24) is 0 Å². The maximum Gasteiger partial charge on any atom is 0.109 e. The monoisotopic (exact) mass is 199 g/mol. The van der Waals surface area contributed by atoms with Gasteiger partial charge in [0.1, 0.15) is 6.04 Å². The quantitative estimate of drug-likeness (QED) is 0.210. The van der Waals surface area contributed by atoms with Crippen LogP contribution in [0.15, 0.2) is 12.7 Å². The van der Waals surface area contributed by atoms with Gasteiger partial charge in [0.15, 0.2) is 0 Å². The minimum atomic E-state index is 0.532. The fourth-order valence-electron chi connectivity index (χ4n) is 1.72. The number of nitrogens with two attached hydrogens (primary N) is 1. The first kappa shape index (κ1) is 13.7. The molecular formula is C12H27N2+. The maximum atomic E-state index is 6.07. The van der Waals surface area contributed by atoms with Gasteiger partial charge in [0.25, 0.3) is 0 Å². The number of quaternary nitrogens is 1. The Balaban J connectivity index is 3.80. The summed E-state index contributed by atoms with van der Waals surface area (Å²) in [6, 6.07) is 0.532. The normalized spacial score (nSPS) is 14.0. The van der Waals surface area contributed by atoms with Crippen LogP contribution in [-0.2, 0) is 0 Å². The highest BCUT2D eigenvalue weighted by atomic mass is 15.6. The van der Waals surface area contributed by atoms with E-state index in [1.54, 1.807) is 0 Å². The van der Waals surface area contributed by atoms with Crippen molar-refractivity contribution in [2.75, 3.05) is 14.1 Å². The van der Waals surface area contributed by atoms with Crippen LogP contribution in [0.3, 0.4) is 0 Å². The molecule has 0 aliphatic rings. The predicted molar refractivity (Wildman–Crippen MR) is 63.7 cm³/mol. The van der Waals surface area contributed by atoms with E-state index < -0.39 is 0 Å². The Morgan fingerprint density at radius 1 is 1.29 bits per heavy atom. The van der Waals surface area contributed by atoms with Crippen molar-refractivity contribution in [1.29, 1.82) is 0 Å². The fraction of sp³-hybridized carbons (Fsp3) is 0.833. The third-order valence-corrected chi connectivity index (χ3v) is 2.77. The van der Waals surface area contributed by atoms with E-state index in [1.165, 1.54) is 32.1 Å². The Bertz CT molecular complexity index is 147. The summed E-state index contributed by atoms with van der Waals surface area (Å²) in [5, 5.41) is 0. The molecule has 0 heterocycles. The van der Waals surface area contributed by atoms with Gasteiger partial charge in [-0.05, 0) is 6.42 Å².